The lowest BCUT2D eigenvalue weighted by atomic mass is 10.0. The Kier molecular flexibility index (Phi) is 11.9. The molecule has 0 saturated carbocycles. The quantitative estimate of drug-likeness (QED) is 0.0632. The van der Waals surface area contributed by atoms with Crippen molar-refractivity contribution < 1.29 is 33.5 Å². The van der Waals surface area contributed by atoms with Crippen molar-refractivity contribution in [1.29, 1.82) is 0 Å². The summed E-state index contributed by atoms with van der Waals surface area (Å²) in [7, 11) is 0. The third kappa shape index (κ3) is 9.30. The highest BCUT2D eigenvalue weighted by molar-refractivity contribution is 8.01. The molecule has 0 aliphatic carbocycles. The first-order chi connectivity index (χ1) is 25.5. The molecular weight excluding hydrogens is 737 g/mol. The van der Waals surface area contributed by atoms with Crippen LogP contribution in [0.4, 0.5) is 0 Å². The minimum absolute atomic E-state index is 0.128. The summed E-state index contributed by atoms with van der Waals surface area (Å²) in [6, 6.07) is 21.5. The van der Waals surface area contributed by atoms with Crippen LogP contribution in [0.5, 0.6) is 0 Å². The lowest BCUT2D eigenvalue weighted by molar-refractivity contribution is -0.160. The molecule has 0 spiro atoms. The number of aryl methyl sites for hydroxylation is 1. The standard InChI is InChI=1S/C37H36N6O7S3/c1-22-15-16-27(41-40-22)52-18-25-19-53-35-30(39-33(45)29(26-20-51-21-38-26)42-48-17-28(44)50-37(2,3)4)34(46)43(35)31(25)36(47)49-32(23-11-7-5-8-12-23)24-13-9-6-10-14-24/h5-16,20-21,30,32,35H,17-19H2,1-4H3,(H,39,45)/t30?,35-/m0/s1. The number of thiazole rings is 1. The van der Waals surface area contributed by atoms with Crippen LogP contribution in [0.2, 0.25) is 0 Å². The maximum Gasteiger partial charge on any atom is 0.356 e. The lowest BCUT2D eigenvalue weighted by Crippen LogP contribution is -2.71. The highest BCUT2D eigenvalue weighted by Gasteiger charge is 2.55. The molecule has 4 aromatic rings. The van der Waals surface area contributed by atoms with Gasteiger partial charge in [0.05, 0.1) is 11.2 Å². The van der Waals surface area contributed by atoms with Crippen LogP contribution < -0.4 is 5.32 Å². The molecular formula is C37H36N6O7S3. The van der Waals surface area contributed by atoms with Crippen molar-refractivity contribution in [3.8, 4) is 0 Å². The maximum absolute atomic E-state index is 14.3. The number of thioether (sulfide) groups is 2. The van der Waals surface area contributed by atoms with Crippen molar-refractivity contribution in [2.24, 2.45) is 5.16 Å². The molecule has 274 valence electrons. The molecule has 16 heteroatoms. The van der Waals surface area contributed by atoms with Gasteiger partial charge in [0.2, 0.25) is 6.61 Å². The summed E-state index contributed by atoms with van der Waals surface area (Å²) in [4.78, 5) is 64.8. The van der Waals surface area contributed by atoms with Crippen LogP contribution in [-0.4, -0.2) is 84.7 Å². The molecule has 4 heterocycles. The molecule has 0 bridgehead atoms. The number of oxime groups is 1. The van der Waals surface area contributed by atoms with E-state index in [4.69, 9.17) is 14.3 Å². The Labute approximate surface area is 318 Å². The van der Waals surface area contributed by atoms with Gasteiger partial charge in [-0.15, -0.1) is 40.0 Å². The zero-order valence-electron chi connectivity index (χ0n) is 29.3. The smallest absolute Gasteiger partial charge is 0.356 e. The Morgan fingerprint density at radius 2 is 1.72 bits per heavy atom. The second-order valence-corrected chi connectivity index (χ2v) is 15.7. The Morgan fingerprint density at radius 1 is 1.02 bits per heavy atom. The number of rotatable bonds is 13. The summed E-state index contributed by atoms with van der Waals surface area (Å²) in [6.45, 7) is 6.47. The predicted octanol–water partition coefficient (Wildman–Crippen LogP) is 5.08. The van der Waals surface area contributed by atoms with E-state index in [0.717, 1.165) is 16.8 Å². The van der Waals surface area contributed by atoms with E-state index in [0.29, 0.717) is 22.1 Å². The number of β-lactam (4-membered cyclic amide) rings is 1. The van der Waals surface area contributed by atoms with Crippen molar-refractivity contribution in [2.45, 2.75) is 55.8 Å². The second-order valence-electron chi connectivity index (χ2n) is 12.9. The van der Waals surface area contributed by atoms with Crippen LogP contribution in [0.3, 0.4) is 0 Å². The van der Waals surface area contributed by atoms with Crippen molar-refractivity contribution >= 4 is 64.3 Å². The average Bonchev–Trinajstić information content (AvgIpc) is 3.68. The molecule has 2 aliphatic heterocycles. The summed E-state index contributed by atoms with van der Waals surface area (Å²) in [6.07, 6.45) is -0.744. The number of aromatic nitrogens is 3. The highest BCUT2D eigenvalue weighted by Crippen LogP contribution is 2.43. The number of nitrogens with one attached hydrogen (secondary N) is 1. The summed E-state index contributed by atoms with van der Waals surface area (Å²) in [5.74, 6) is -1.84. The van der Waals surface area contributed by atoms with Gasteiger partial charge in [-0.25, -0.2) is 14.6 Å². The molecule has 2 amide bonds. The van der Waals surface area contributed by atoms with Crippen molar-refractivity contribution in [1.82, 2.24) is 25.4 Å². The van der Waals surface area contributed by atoms with E-state index < -0.39 is 53.5 Å². The molecule has 1 saturated heterocycles. The lowest BCUT2D eigenvalue weighted by Gasteiger charge is -2.49. The van der Waals surface area contributed by atoms with Crippen LogP contribution in [0, 0.1) is 6.92 Å². The first-order valence-electron chi connectivity index (χ1n) is 16.5. The molecule has 2 atom stereocenters. The van der Waals surface area contributed by atoms with Crippen molar-refractivity contribution in [3.05, 3.63) is 117 Å². The Morgan fingerprint density at radius 3 is 2.32 bits per heavy atom. The SMILES string of the molecule is Cc1ccc(SCC2=C(C(=O)OC(c3ccccc3)c3ccccc3)N3C(=O)C(NC(=O)C(=NOCC(=O)OC(C)(C)C)c4cscn4)[C@@H]3SC2)nn1. The fourth-order valence-corrected chi connectivity index (χ4v) is 8.25. The molecule has 2 aromatic heterocycles. The Bertz CT molecular complexity index is 1960. The van der Waals surface area contributed by atoms with Crippen molar-refractivity contribution in [2.75, 3.05) is 18.1 Å². The number of benzene rings is 2. The first kappa shape index (κ1) is 37.7. The van der Waals surface area contributed by atoms with E-state index in [1.165, 1.54) is 45.3 Å². The second kappa shape index (κ2) is 16.7. The molecule has 1 unspecified atom stereocenters. The van der Waals surface area contributed by atoms with Gasteiger partial charge in [-0.3, -0.25) is 14.5 Å². The molecule has 13 nitrogen and oxygen atoms in total. The van der Waals surface area contributed by atoms with Crippen LogP contribution in [0.1, 0.15) is 49.4 Å². The van der Waals surface area contributed by atoms with E-state index in [1.807, 2.05) is 79.7 Å². The minimum Gasteiger partial charge on any atom is -0.457 e. The molecule has 2 aromatic carbocycles. The number of carbonyl (C=O) groups is 4. The number of fused-ring (bicyclic) bond motifs is 1. The maximum atomic E-state index is 14.3. The number of nitrogens with zero attached hydrogens (tertiary/aromatic N) is 5. The predicted molar refractivity (Wildman–Crippen MR) is 201 cm³/mol. The van der Waals surface area contributed by atoms with Gasteiger partial charge in [-0.05, 0) is 56.5 Å². The number of esters is 2. The average molecular weight is 773 g/mol. The van der Waals surface area contributed by atoms with E-state index in [9.17, 15) is 19.2 Å². The number of amides is 2. The molecule has 6 rings (SSSR count). The third-order valence-electron chi connectivity index (χ3n) is 7.77. The fourth-order valence-electron chi connectivity index (χ4n) is 5.42. The van der Waals surface area contributed by atoms with Crippen LogP contribution in [-0.2, 0) is 33.5 Å². The Hall–Kier alpha value is -5.06. The largest absolute Gasteiger partial charge is 0.457 e. The molecule has 1 fully saturated rings. The van der Waals surface area contributed by atoms with Gasteiger partial charge in [0.1, 0.15) is 33.4 Å². The van der Waals surface area contributed by atoms with Gasteiger partial charge in [0.25, 0.3) is 11.8 Å². The van der Waals surface area contributed by atoms with Crippen LogP contribution in [0.15, 0.2) is 105 Å². The number of hydrogen-bond acceptors (Lipinski definition) is 14. The summed E-state index contributed by atoms with van der Waals surface area (Å²) in [5, 5.41) is 16.7. The van der Waals surface area contributed by atoms with Gasteiger partial charge in [0.15, 0.2) is 11.8 Å². The molecule has 2 aliphatic rings. The zero-order chi connectivity index (χ0) is 37.5. The van der Waals surface area contributed by atoms with E-state index in [2.05, 4.69) is 25.7 Å². The zero-order valence-corrected chi connectivity index (χ0v) is 31.7. The van der Waals surface area contributed by atoms with Gasteiger partial charge in [0, 0.05) is 16.9 Å². The minimum atomic E-state index is -0.999. The first-order valence-corrected chi connectivity index (χ1v) is 19.5. The van der Waals surface area contributed by atoms with Crippen molar-refractivity contribution in [3.63, 3.8) is 0 Å². The van der Waals surface area contributed by atoms with Gasteiger partial charge < -0.3 is 19.6 Å². The Balaban J connectivity index is 1.24. The van der Waals surface area contributed by atoms with Gasteiger partial charge in [-0.2, -0.15) is 5.10 Å². The molecule has 0 radical (unpaired) electrons. The van der Waals surface area contributed by atoms with E-state index >= 15 is 0 Å². The normalized spacial score (nSPS) is 17.2. The molecule has 53 heavy (non-hydrogen) atoms. The number of hydrogen-bond donors (Lipinski definition) is 1. The van der Waals surface area contributed by atoms with Crippen LogP contribution in [0.25, 0.3) is 0 Å². The fraction of sp³-hybridized carbons (Fsp3) is 0.297. The summed E-state index contributed by atoms with van der Waals surface area (Å²) >= 11 is 4.04. The summed E-state index contributed by atoms with van der Waals surface area (Å²) < 4.78 is 11.5. The van der Waals surface area contributed by atoms with E-state index in [1.54, 1.807) is 26.2 Å². The van der Waals surface area contributed by atoms with Gasteiger partial charge >= 0.3 is 11.9 Å². The van der Waals surface area contributed by atoms with Gasteiger partial charge in [-0.1, -0.05) is 65.8 Å². The molecule has 1 N–H and O–H groups in total. The van der Waals surface area contributed by atoms with Crippen LogP contribution >= 0.6 is 34.9 Å². The highest BCUT2D eigenvalue weighted by atomic mass is 32.2. The third-order valence-corrected chi connectivity index (χ3v) is 10.7. The summed E-state index contributed by atoms with van der Waals surface area (Å²) in [5.41, 5.74) is 3.88. The monoisotopic (exact) mass is 772 g/mol. The number of ether oxygens (including phenoxy) is 2. The number of carbonyl (C=O) groups excluding carboxylic acids is 4. The van der Waals surface area contributed by atoms with E-state index in [-0.39, 0.29) is 17.1 Å². The topological polar surface area (TPSA) is 162 Å².